The van der Waals surface area contributed by atoms with Gasteiger partial charge in [0.05, 0.1) is 11.0 Å². The van der Waals surface area contributed by atoms with Crippen molar-refractivity contribution in [1.29, 1.82) is 0 Å². The second-order valence-electron chi connectivity index (χ2n) is 5.62. The molecule has 0 bridgehead atoms. The summed E-state index contributed by atoms with van der Waals surface area (Å²) >= 11 is 0. The van der Waals surface area contributed by atoms with Gasteiger partial charge in [0, 0.05) is 29.2 Å². The highest BCUT2D eigenvalue weighted by atomic mass is 32.2. The Bertz CT molecular complexity index is 963. The van der Waals surface area contributed by atoms with Crippen LogP contribution in [0.25, 0.3) is 22.0 Å². The highest BCUT2D eigenvalue weighted by Gasteiger charge is 2.15. The number of hydrogen-bond donors (Lipinski definition) is 3. The van der Waals surface area contributed by atoms with Crippen LogP contribution in [0.3, 0.4) is 0 Å². The van der Waals surface area contributed by atoms with E-state index in [4.69, 9.17) is 0 Å². The number of aliphatic hydroxyl groups is 1. The lowest BCUT2D eigenvalue weighted by Crippen LogP contribution is -2.30. The second-order valence-corrected chi connectivity index (χ2v) is 7.38. The van der Waals surface area contributed by atoms with E-state index in [1.54, 1.807) is 24.4 Å². The molecule has 3 rings (SSSR count). The van der Waals surface area contributed by atoms with Crippen LogP contribution in [-0.4, -0.2) is 31.2 Å². The van der Waals surface area contributed by atoms with Gasteiger partial charge in [0.1, 0.15) is 5.82 Å². The van der Waals surface area contributed by atoms with E-state index in [1.165, 1.54) is 31.2 Å². The summed E-state index contributed by atoms with van der Waals surface area (Å²) < 4.78 is 39.8. The molecule has 0 amide bonds. The first kappa shape index (κ1) is 16.6. The van der Waals surface area contributed by atoms with Gasteiger partial charge in [-0.25, -0.2) is 17.5 Å². The molecule has 0 saturated carbocycles. The molecule has 0 saturated heterocycles. The van der Waals surface area contributed by atoms with Gasteiger partial charge in [-0.1, -0.05) is 12.1 Å². The summed E-state index contributed by atoms with van der Waals surface area (Å²) in [6, 6.07) is 10.9. The number of aromatic nitrogens is 1. The summed E-state index contributed by atoms with van der Waals surface area (Å²) in [6.07, 6.45) is 1.00. The minimum absolute atomic E-state index is 0.0436. The summed E-state index contributed by atoms with van der Waals surface area (Å²) in [5.74, 6) is -0.318. The van der Waals surface area contributed by atoms with E-state index in [1.807, 2.05) is 0 Å². The Labute approximate surface area is 139 Å². The molecule has 0 aliphatic rings. The van der Waals surface area contributed by atoms with Crippen molar-refractivity contribution in [3.05, 3.63) is 54.5 Å². The minimum Gasteiger partial charge on any atom is -0.392 e. The zero-order valence-corrected chi connectivity index (χ0v) is 13.8. The molecule has 24 heavy (non-hydrogen) atoms. The standard InChI is InChI=1S/C17H17FN2O3S/c1-11(21)9-20-24(22,23)14-5-2-12(3-6-14)16-10-19-17-8-13(18)4-7-15(16)17/h2-8,10-11,19-21H,9H2,1H3. The van der Waals surface area contributed by atoms with Gasteiger partial charge < -0.3 is 10.1 Å². The number of rotatable bonds is 5. The van der Waals surface area contributed by atoms with Crippen molar-refractivity contribution in [3.63, 3.8) is 0 Å². The fourth-order valence-electron chi connectivity index (χ4n) is 2.46. The fraction of sp³-hybridized carbons (Fsp3) is 0.176. The summed E-state index contributed by atoms with van der Waals surface area (Å²) in [6.45, 7) is 1.46. The Morgan fingerprint density at radius 3 is 2.58 bits per heavy atom. The summed E-state index contributed by atoms with van der Waals surface area (Å²) in [7, 11) is -3.66. The summed E-state index contributed by atoms with van der Waals surface area (Å²) in [5, 5.41) is 10.1. The molecular formula is C17H17FN2O3S. The predicted molar refractivity (Wildman–Crippen MR) is 90.6 cm³/mol. The maximum atomic E-state index is 13.3. The molecule has 0 radical (unpaired) electrons. The average Bonchev–Trinajstić information content (AvgIpc) is 2.96. The maximum Gasteiger partial charge on any atom is 0.240 e. The average molecular weight is 348 g/mol. The molecule has 3 N–H and O–H groups in total. The summed E-state index contributed by atoms with van der Waals surface area (Å²) in [5.41, 5.74) is 2.37. The van der Waals surface area contributed by atoms with Gasteiger partial charge in [0.25, 0.3) is 0 Å². The quantitative estimate of drug-likeness (QED) is 0.663. The van der Waals surface area contributed by atoms with Crippen molar-refractivity contribution in [2.24, 2.45) is 0 Å². The van der Waals surface area contributed by atoms with Gasteiger partial charge >= 0.3 is 0 Å². The Morgan fingerprint density at radius 2 is 1.92 bits per heavy atom. The molecule has 1 aromatic heterocycles. The lowest BCUT2D eigenvalue weighted by molar-refractivity contribution is 0.198. The lowest BCUT2D eigenvalue weighted by Gasteiger charge is -2.09. The van der Waals surface area contributed by atoms with Gasteiger partial charge in [-0.3, -0.25) is 0 Å². The number of hydrogen-bond acceptors (Lipinski definition) is 3. The van der Waals surface area contributed by atoms with Crippen LogP contribution in [0.15, 0.2) is 53.6 Å². The van der Waals surface area contributed by atoms with Crippen LogP contribution >= 0.6 is 0 Å². The van der Waals surface area contributed by atoms with Crippen molar-refractivity contribution in [2.45, 2.75) is 17.9 Å². The number of benzene rings is 2. The van der Waals surface area contributed by atoms with Gasteiger partial charge in [0.2, 0.25) is 10.0 Å². The molecule has 126 valence electrons. The molecule has 1 heterocycles. The first-order chi connectivity index (χ1) is 11.4. The highest BCUT2D eigenvalue weighted by molar-refractivity contribution is 7.89. The molecule has 1 atom stereocenters. The molecule has 7 heteroatoms. The molecule has 0 fully saturated rings. The Balaban J connectivity index is 1.91. The third-order valence-electron chi connectivity index (χ3n) is 3.69. The maximum absolute atomic E-state index is 13.3. The Hall–Kier alpha value is -2.22. The van der Waals surface area contributed by atoms with Gasteiger partial charge in [-0.05, 0) is 42.8 Å². The minimum atomic E-state index is -3.66. The zero-order chi connectivity index (χ0) is 17.3. The number of sulfonamides is 1. The third-order valence-corrected chi connectivity index (χ3v) is 5.13. The zero-order valence-electron chi connectivity index (χ0n) is 13.0. The van der Waals surface area contributed by atoms with Crippen LogP contribution in [0.4, 0.5) is 4.39 Å². The molecule has 0 aliphatic carbocycles. The Morgan fingerprint density at radius 1 is 1.21 bits per heavy atom. The van der Waals surface area contributed by atoms with Crippen molar-refractivity contribution >= 4 is 20.9 Å². The van der Waals surface area contributed by atoms with Crippen molar-refractivity contribution in [2.75, 3.05) is 6.54 Å². The highest BCUT2D eigenvalue weighted by Crippen LogP contribution is 2.29. The van der Waals surface area contributed by atoms with Crippen LogP contribution in [0, 0.1) is 5.82 Å². The number of H-pyrrole nitrogens is 1. The number of halogens is 1. The smallest absolute Gasteiger partial charge is 0.240 e. The molecular weight excluding hydrogens is 331 g/mol. The number of aliphatic hydroxyl groups excluding tert-OH is 1. The Kier molecular flexibility index (Phi) is 4.40. The van der Waals surface area contributed by atoms with E-state index in [2.05, 4.69) is 9.71 Å². The predicted octanol–water partition coefficient (Wildman–Crippen LogP) is 2.63. The van der Waals surface area contributed by atoms with E-state index in [0.717, 1.165) is 16.5 Å². The van der Waals surface area contributed by atoms with E-state index < -0.39 is 16.1 Å². The van der Waals surface area contributed by atoms with E-state index >= 15 is 0 Å². The van der Waals surface area contributed by atoms with Gasteiger partial charge in [0.15, 0.2) is 0 Å². The van der Waals surface area contributed by atoms with Crippen molar-refractivity contribution in [3.8, 4) is 11.1 Å². The van der Waals surface area contributed by atoms with E-state index in [-0.39, 0.29) is 17.3 Å². The summed E-state index contributed by atoms with van der Waals surface area (Å²) in [4.78, 5) is 3.13. The lowest BCUT2D eigenvalue weighted by atomic mass is 10.1. The van der Waals surface area contributed by atoms with Crippen LogP contribution < -0.4 is 4.72 Å². The largest absolute Gasteiger partial charge is 0.392 e. The van der Waals surface area contributed by atoms with Crippen LogP contribution in [-0.2, 0) is 10.0 Å². The van der Waals surface area contributed by atoms with Crippen LogP contribution in [0.1, 0.15) is 6.92 Å². The molecule has 0 aliphatic heterocycles. The molecule has 5 nitrogen and oxygen atoms in total. The van der Waals surface area contributed by atoms with E-state index in [9.17, 15) is 17.9 Å². The normalized spacial score (nSPS) is 13.3. The molecule has 1 unspecified atom stereocenters. The SMILES string of the molecule is CC(O)CNS(=O)(=O)c1ccc(-c2c[nH]c3cc(F)ccc23)cc1. The molecule has 0 spiro atoms. The van der Waals surface area contributed by atoms with Crippen molar-refractivity contribution < 1.29 is 17.9 Å². The number of fused-ring (bicyclic) bond motifs is 1. The number of aromatic amines is 1. The van der Waals surface area contributed by atoms with E-state index in [0.29, 0.717) is 5.52 Å². The van der Waals surface area contributed by atoms with Crippen molar-refractivity contribution in [1.82, 2.24) is 9.71 Å². The van der Waals surface area contributed by atoms with Gasteiger partial charge in [-0.2, -0.15) is 0 Å². The third kappa shape index (κ3) is 3.33. The topological polar surface area (TPSA) is 82.2 Å². The first-order valence-corrected chi connectivity index (χ1v) is 8.90. The van der Waals surface area contributed by atoms with Crippen LogP contribution in [0.2, 0.25) is 0 Å². The molecule has 3 aromatic rings. The monoisotopic (exact) mass is 348 g/mol. The first-order valence-electron chi connectivity index (χ1n) is 7.41. The number of nitrogens with one attached hydrogen (secondary N) is 2. The molecule has 2 aromatic carbocycles. The fourth-order valence-corrected chi connectivity index (χ4v) is 3.59. The second kappa shape index (κ2) is 6.35. The van der Waals surface area contributed by atoms with Gasteiger partial charge in [-0.15, -0.1) is 0 Å². The van der Waals surface area contributed by atoms with Crippen LogP contribution in [0.5, 0.6) is 0 Å².